The highest BCUT2D eigenvalue weighted by Gasteiger charge is 2.23. The van der Waals surface area contributed by atoms with Crippen molar-refractivity contribution in [3.05, 3.63) is 101 Å². The zero-order valence-corrected chi connectivity index (χ0v) is 20.3. The van der Waals surface area contributed by atoms with Crippen LogP contribution in [0.4, 0.5) is 0 Å². The second kappa shape index (κ2) is 11.3. The van der Waals surface area contributed by atoms with E-state index in [0.717, 1.165) is 35.1 Å². The van der Waals surface area contributed by atoms with E-state index in [1.165, 1.54) is 11.8 Å². The number of carbonyl (C=O) groups excluding carboxylic acids is 1. The fourth-order valence-corrected chi connectivity index (χ4v) is 4.66. The highest BCUT2D eigenvalue weighted by molar-refractivity contribution is 7.90. The SMILES string of the molecule is CS(=O)(=O)c1ccc(C=C2c3ccccc3CCC2C=NOC(=O)COCc2ccccc2)cc1. The maximum atomic E-state index is 12.0. The molecule has 1 aliphatic rings. The van der Waals surface area contributed by atoms with Gasteiger partial charge in [0.25, 0.3) is 0 Å². The van der Waals surface area contributed by atoms with Crippen molar-refractivity contribution in [1.82, 2.24) is 0 Å². The number of carbonyl (C=O) groups is 1. The summed E-state index contributed by atoms with van der Waals surface area (Å²) >= 11 is 0. The molecule has 1 atom stereocenters. The molecule has 0 radical (unpaired) electrons. The fourth-order valence-electron chi connectivity index (χ4n) is 4.03. The van der Waals surface area contributed by atoms with Crippen LogP contribution >= 0.6 is 0 Å². The van der Waals surface area contributed by atoms with Gasteiger partial charge in [-0.2, -0.15) is 0 Å². The van der Waals surface area contributed by atoms with Crippen LogP contribution in [0.1, 0.15) is 28.7 Å². The number of fused-ring (bicyclic) bond motifs is 1. The standard InChI is InChI=1S/C28H27NO5S/c1-35(31,32)25-15-11-21(12-16-25)17-27-24(14-13-23-9-5-6-10-26(23)27)18-29-34-28(30)20-33-19-22-7-3-2-4-8-22/h2-12,15-18,24H,13-14,19-20H2,1H3. The molecule has 1 aliphatic carbocycles. The van der Waals surface area contributed by atoms with Crippen LogP contribution in [0.3, 0.4) is 0 Å². The highest BCUT2D eigenvalue weighted by atomic mass is 32.2. The molecule has 4 rings (SSSR count). The highest BCUT2D eigenvalue weighted by Crippen LogP contribution is 2.36. The molecule has 0 bridgehead atoms. The normalized spacial score (nSPS) is 16.8. The van der Waals surface area contributed by atoms with Gasteiger partial charge in [-0.05, 0) is 52.8 Å². The summed E-state index contributed by atoms with van der Waals surface area (Å²) in [6, 6.07) is 24.6. The lowest BCUT2D eigenvalue weighted by atomic mass is 9.79. The zero-order valence-electron chi connectivity index (χ0n) is 19.5. The molecule has 3 aromatic rings. The molecule has 6 nitrogen and oxygen atoms in total. The molecule has 3 aromatic carbocycles. The lowest BCUT2D eigenvalue weighted by molar-refractivity contribution is -0.149. The van der Waals surface area contributed by atoms with E-state index in [2.05, 4.69) is 17.3 Å². The topological polar surface area (TPSA) is 82.0 Å². The van der Waals surface area contributed by atoms with Gasteiger partial charge in [-0.1, -0.05) is 78.0 Å². The number of sulfone groups is 1. The van der Waals surface area contributed by atoms with E-state index in [1.54, 1.807) is 30.5 Å². The van der Waals surface area contributed by atoms with Gasteiger partial charge in [0.05, 0.1) is 17.7 Å². The van der Waals surface area contributed by atoms with Crippen LogP contribution in [0.2, 0.25) is 0 Å². The number of ether oxygens (including phenoxy) is 1. The summed E-state index contributed by atoms with van der Waals surface area (Å²) in [7, 11) is -3.26. The zero-order chi connectivity index (χ0) is 24.7. The minimum atomic E-state index is -3.26. The molecule has 180 valence electrons. The minimum Gasteiger partial charge on any atom is -0.365 e. The first kappa shape index (κ1) is 24.6. The summed E-state index contributed by atoms with van der Waals surface area (Å²) in [4.78, 5) is 17.3. The van der Waals surface area contributed by atoms with Crippen LogP contribution < -0.4 is 0 Å². The van der Waals surface area contributed by atoms with E-state index >= 15 is 0 Å². The maximum Gasteiger partial charge on any atom is 0.360 e. The number of hydrogen-bond acceptors (Lipinski definition) is 6. The molecular weight excluding hydrogens is 462 g/mol. The lowest BCUT2D eigenvalue weighted by Crippen LogP contribution is -2.15. The van der Waals surface area contributed by atoms with Gasteiger partial charge in [-0.3, -0.25) is 0 Å². The summed E-state index contributed by atoms with van der Waals surface area (Å²) in [5.41, 5.74) is 5.25. The number of allylic oxidation sites excluding steroid dienone is 1. The van der Waals surface area contributed by atoms with Crippen molar-refractivity contribution in [2.24, 2.45) is 11.1 Å². The third-order valence-corrected chi connectivity index (χ3v) is 6.94. The smallest absolute Gasteiger partial charge is 0.360 e. The molecular formula is C28H27NO5S. The molecule has 7 heteroatoms. The third kappa shape index (κ3) is 6.74. The van der Waals surface area contributed by atoms with Crippen LogP contribution in [0.5, 0.6) is 0 Å². The van der Waals surface area contributed by atoms with Crippen molar-refractivity contribution >= 4 is 33.7 Å². The Morgan fingerprint density at radius 2 is 1.71 bits per heavy atom. The largest absolute Gasteiger partial charge is 0.365 e. The van der Waals surface area contributed by atoms with E-state index in [0.29, 0.717) is 6.61 Å². The summed E-state index contributed by atoms with van der Waals surface area (Å²) in [6.07, 6.45) is 6.58. The van der Waals surface area contributed by atoms with E-state index in [9.17, 15) is 13.2 Å². The maximum absolute atomic E-state index is 12.0. The number of hydrogen-bond donors (Lipinski definition) is 0. The van der Waals surface area contributed by atoms with Crippen molar-refractivity contribution in [3.8, 4) is 0 Å². The van der Waals surface area contributed by atoms with Crippen LogP contribution in [0.25, 0.3) is 11.6 Å². The van der Waals surface area contributed by atoms with Crippen molar-refractivity contribution < 1.29 is 22.8 Å². The first-order valence-corrected chi connectivity index (χ1v) is 13.2. The monoisotopic (exact) mass is 489 g/mol. The Bertz CT molecular complexity index is 1330. The van der Waals surface area contributed by atoms with Crippen molar-refractivity contribution in [2.45, 2.75) is 24.3 Å². The van der Waals surface area contributed by atoms with Gasteiger partial charge in [0.15, 0.2) is 9.84 Å². The van der Waals surface area contributed by atoms with Crippen LogP contribution in [-0.4, -0.2) is 33.5 Å². The summed E-state index contributed by atoms with van der Waals surface area (Å²) in [6.45, 7) is 0.138. The molecule has 0 fully saturated rings. The first-order valence-electron chi connectivity index (χ1n) is 11.3. The molecule has 0 amide bonds. The lowest BCUT2D eigenvalue weighted by Gasteiger charge is -2.25. The third-order valence-electron chi connectivity index (χ3n) is 5.81. The molecule has 0 aliphatic heterocycles. The minimum absolute atomic E-state index is 0.0579. The number of oxime groups is 1. The number of aryl methyl sites for hydroxylation is 1. The average molecular weight is 490 g/mol. The molecule has 35 heavy (non-hydrogen) atoms. The van der Waals surface area contributed by atoms with E-state index in [-0.39, 0.29) is 17.4 Å². The number of nitrogens with zero attached hydrogens (tertiary/aromatic N) is 1. The molecule has 0 N–H and O–H groups in total. The van der Waals surface area contributed by atoms with Gasteiger partial charge in [0, 0.05) is 12.2 Å². The first-order chi connectivity index (χ1) is 16.9. The van der Waals surface area contributed by atoms with Gasteiger partial charge in [-0.25, -0.2) is 13.2 Å². The molecule has 0 saturated heterocycles. The van der Waals surface area contributed by atoms with Gasteiger partial charge >= 0.3 is 5.97 Å². The molecule has 0 spiro atoms. The Kier molecular flexibility index (Phi) is 7.90. The Balaban J connectivity index is 1.45. The van der Waals surface area contributed by atoms with Gasteiger partial charge in [-0.15, -0.1) is 0 Å². The Morgan fingerprint density at radius 1 is 1.00 bits per heavy atom. The van der Waals surface area contributed by atoms with Gasteiger partial charge in [0.1, 0.15) is 6.61 Å². The van der Waals surface area contributed by atoms with Crippen molar-refractivity contribution in [2.75, 3.05) is 12.9 Å². The second-order valence-corrected chi connectivity index (χ2v) is 10.5. The predicted octanol–water partition coefficient (Wildman–Crippen LogP) is 4.94. The van der Waals surface area contributed by atoms with Gasteiger partial charge in [0.2, 0.25) is 0 Å². The van der Waals surface area contributed by atoms with Gasteiger partial charge < -0.3 is 9.57 Å². The summed E-state index contributed by atoms with van der Waals surface area (Å²) in [5, 5.41) is 3.96. The second-order valence-electron chi connectivity index (χ2n) is 8.44. The number of benzene rings is 3. The molecule has 0 heterocycles. The Labute approximate surface area is 205 Å². The molecule has 0 saturated carbocycles. The van der Waals surface area contributed by atoms with E-state index in [4.69, 9.17) is 9.57 Å². The number of rotatable bonds is 8. The van der Waals surface area contributed by atoms with E-state index < -0.39 is 15.8 Å². The summed E-state index contributed by atoms with van der Waals surface area (Å²) in [5.74, 6) is -0.618. The van der Waals surface area contributed by atoms with Crippen LogP contribution in [-0.2, 0) is 37.2 Å². The predicted molar refractivity (Wildman–Crippen MR) is 136 cm³/mol. The van der Waals surface area contributed by atoms with Crippen LogP contribution in [0, 0.1) is 5.92 Å². The Morgan fingerprint density at radius 3 is 2.46 bits per heavy atom. The quantitative estimate of drug-likeness (QED) is 0.254. The Hall–Kier alpha value is -3.55. The van der Waals surface area contributed by atoms with Crippen molar-refractivity contribution in [3.63, 3.8) is 0 Å². The molecule has 1 unspecified atom stereocenters. The van der Waals surface area contributed by atoms with E-state index in [1.807, 2.05) is 48.5 Å². The van der Waals surface area contributed by atoms with Crippen molar-refractivity contribution in [1.29, 1.82) is 0 Å². The van der Waals surface area contributed by atoms with Crippen LogP contribution in [0.15, 0.2) is 88.9 Å². The molecule has 0 aromatic heterocycles. The summed E-state index contributed by atoms with van der Waals surface area (Å²) < 4.78 is 29.0. The average Bonchev–Trinajstić information content (AvgIpc) is 2.85. The fraction of sp³-hybridized carbons (Fsp3) is 0.214.